The number of halogens is 2. The molecule has 0 bridgehead atoms. The summed E-state index contributed by atoms with van der Waals surface area (Å²) in [7, 11) is -4.19. The van der Waals surface area contributed by atoms with Crippen molar-refractivity contribution in [1.29, 1.82) is 0 Å². The van der Waals surface area contributed by atoms with Gasteiger partial charge in [0.15, 0.2) is 0 Å². The summed E-state index contributed by atoms with van der Waals surface area (Å²) in [4.78, 5) is 28.2. The Kier molecular flexibility index (Phi) is 10.7. The maximum absolute atomic E-state index is 14.0. The summed E-state index contributed by atoms with van der Waals surface area (Å²) in [6.07, 6.45) is 0. The number of benzene rings is 4. The van der Waals surface area contributed by atoms with Crippen LogP contribution in [0.3, 0.4) is 0 Å². The number of nitrogens with one attached hydrogen (secondary N) is 1. The molecule has 0 spiro atoms. The van der Waals surface area contributed by atoms with Gasteiger partial charge >= 0.3 is 0 Å². The van der Waals surface area contributed by atoms with E-state index in [1.54, 1.807) is 86.6 Å². The first-order valence-corrected chi connectivity index (χ1v) is 15.7. The first-order valence-electron chi connectivity index (χ1n) is 13.5. The molecule has 1 atom stereocenters. The van der Waals surface area contributed by atoms with Crippen molar-refractivity contribution in [3.8, 4) is 11.5 Å². The second-order valence-electron chi connectivity index (χ2n) is 9.57. The Bertz CT molecular complexity index is 1650. The third-order valence-corrected chi connectivity index (χ3v) is 9.10. The Morgan fingerprint density at radius 3 is 2.05 bits per heavy atom. The van der Waals surface area contributed by atoms with E-state index in [1.165, 1.54) is 17.0 Å². The zero-order valence-electron chi connectivity index (χ0n) is 23.6. The average Bonchev–Trinajstić information content (AvgIpc) is 3.01. The van der Waals surface area contributed by atoms with Crippen molar-refractivity contribution >= 4 is 50.7 Å². The lowest BCUT2D eigenvalue weighted by atomic mass is 10.1. The molecule has 0 heterocycles. The van der Waals surface area contributed by atoms with Gasteiger partial charge in [-0.15, -0.1) is 0 Å². The van der Waals surface area contributed by atoms with Crippen LogP contribution in [0.25, 0.3) is 0 Å². The molecule has 0 aromatic heterocycles. The van der Waals surface area contributed by atoms with Crippen molar-refractivity contribution in [2.45, 2.75) is 31.3 Å². The summed E-state index contributed by atoms with van der Waals surface area (Å²) in [6, 6.07) is 27.4. The third kappa shape index (κ3) is 8.07. The monoisotopic (exact) mass is 639 g/mol. The molecular formula is C32H31Cl2N3O5S. The van der Waals surface area contributed by atoms with E-state index in [9.17, 15) is 18.0 Å². The summed E-state index contributed by atoms with van der Waals surface area (Å²) in [5.74, 6) is 0.144. The van der Waals surface area contributed by atoms with Crippen LogP contribution >= 0.6 is 23.2 Å². The largest absolute Gasteiger partial charge is 0.457 e. The zero-order valence-corrected chi connectivity index (χ0v) is 25.9. The minimum absolute atomic E-state index is 0.00288. The minimum Gasteiger partial charge on any atom is -0.457 e. The molecule has 4 rings (SSSR count). The number of rotatable bonds is 12. The van der Waals surface area contributed by atoms with Crippen LogP contribution in [0.4, 0.5) is 5.69 Å². The Morgan fingerprint density at radius 2 is 1.44 bits per heavy atom. The predicted octanol–water partition coefficient (Wildman–Crippen LogP) is 6.53. The Balaban J connectivity index is 1.69. The van der Waals surface area contributed by atoms with Crippen molar-refractivity contribution in [3.05, 3.63) is 119 Å². The van der Waals surface area contributed by atoms with Gasteiger partial charge in [0.25, 0.3) is 10.0 Å². The van der Waals surface area contributed by atoms with E-state index in [4.69, 9.17) is 27.9 Å². The summed E-state index contributed by atoms with van der Waals surface area (Å²) in [5.41, 5.74) is 0.872. The number of ether oxygens (including phenoxy) is 1. The average molecular weight is 641 g/mol. The molecule has 43 heavy (non-hydrogen) atoms. The molecule has 2 amide bonds. The van der Waals surface area contributed by atoms with Gasteiger partial charge < -0.3 is 15.0 Å². The topological polar surface area (TPSA) is 96.0 Å². The number of sulfonamides is 1. The summed E-state index contributed by atoms with van der Waals surface area (Å²) in [5, 5.41) is 3.37. The van der Waals surface area contributed by atoms with Crippen LogP contribution in [0.15, 0.2) is 108 Å². The van der Waals surface area contributed by atoms with Crippen LogP contribution < -0.4 is 14.4 Å². The Morgan fingerprint density at radius 1 is 0.837 bits per heavy atom. The van der Waals surface area contributed by atoms with Crippen molar-refractivity contribution in [2.75, 3.05) is 17.4 Å². The van der Waals surface area contributed by atoms with E-state index in [0.29, 0.717) is 33.7 Å². The third-order valence-electron chi connectivity index (χ3n) is 6.57. The number of nitrogens with zero attached hydrogens (tertiary/aromatic N) is 2. The van der Waals surface area contributed by atoms with Gasteiger partial charge in [-0.2, -0.15) is 0 Å². The highest BCUT2D eigenvalue weighted by atomic mass is 35.5. The van der Waals surface area contributed by atoms with Crippen molar-refractivity contribution in [3.63, 3.8) is 0 Å². The Hall–Kier alpha value is -4.05. The standard InChI is InChI=1S/C32H31Cl2N3O5S/c1-3-35-32(39)23(2)36(21-24-14-19-29(33)30(34)20-24)31(38)22-37(43(40,41)28-12-8-5-9-13-28)25-15-17-27(18-16-25)42-26-10-6-4-7-11-26/h4-20,23H,3,21-22H2,1-2H3,(H,35,39)/t23-/m1/s1. The lowest BCUT2D eigenvalue weighted by molar-refractivity contribution is -0.139. The molecule has 0 saturated heterocycles. The number of carbonyl (C=O) groups excluding carboxylic acids is 2. The van der Waals surface area contributed by atoms with E-state index in [2.05, 4.69) is 5.32 Å². The second kappa shape index (κ2) is 14.4. The van der Waals surface area contributed by atoms with E-state index in [-0.39, 0.29) is 23.0 Å². The van der Waals surface area contributed by atoms with Crippen LogP contribution in [0.2, 0.25) is 10.0 Å². The highest BCUT2D eigenvalue weighted by Gasteiger charge is 2.32. The van der Waals surface area contributed by atoms with Gasteiger partial charge in [-0.05, 0) is 80.1 Å². The van der Waals surface area contributed by atoms with E-state index < -0.39 is 28.5 Å². The summed E-state index contributed by atoms with van der Waals surface area (Å²) in [6.45, 7) is 3.16. The smallest absolute Gasteiger partial charge is 0.264 e. The van der Waals surface area contributed by atoms with Gasteiger partial charge in [-0.1, -0.05) is 65.7 Å². The maximum atomic E-state index is 14.0. The lowest BCUT2D eigenvalue weighted by Gasteiger charge is -2.32. The van der Waals surface area contributed by atoms with Gasteiger partial charge in [0.1, 0.15) is 24.1 Å². The SMILES string of the molecule is CCNC(=O)[C@@H](C)N(Cc1ccc(Cl)c(Cl)c1)C(=O)CN(c1ccc(Oc2ccccc2)cc1)S(=O)(=O)c1ccccc1. The molecular weight excluding hydrogens is 609 g/mol. The molecule has 11 heteroatoms. The molecule has 0 unspecified atom stereocenters. The lowest BCUT2D eigenvalue weighted by Crippen LogP contribution is -2.51. The Labute approximate surface area is 261 Å². The van der Waals surface area contributed by atoms with Crippen molar-refractivity contribution in [2.24, 2.45) is 0 Å². The number of carbonyl (C=O) groups is 2. The predicted molar refractivity (Wildman–Crippen MR) is 169 cm³/mol. The van der Waals surface area contributed by atoms with Crippen molar-refractivity contribution < 1.29 is 22.7 Å². The van der Waals surface area contributed by atoms with E-state index in [0.717, 1.165) is 4.31 Å². The molecule has 8 nitrogen and oxygen atoms in total. The first-order chi connectivity index (χ1) is 20.6. The highest BCUT2D eigenvalue weighted by molar-refractivity contribution is 7.92. The van der Waals surface area contributed by atoms with Gasteiger partial charge in [-0.25, -0.2) is 8.42 Å². The summed E-state index contributed by atoms with van der Waals surface area (Å²) < 4.78 is 34.7. The molecule has 1 N–H and O–H groups in total. The van der Waals surface area contributed by atoms with Crippen LogP contribution in [-0.4, -0.2) is 44.3 Å². The molecule has 4 aromatic carbocycles. The summed E-state index contributed by atoms with van der Waals surface area (Å²) >= 11 is 12.3. The number of hydrogen-bond acceptors (Lipinski definition) is 5. The minimum atomic E-state index is -4.19. The molecule has 224 valence electrons. The van der Waals surface area contributed by atoms with Crippen LogP contribution in [0, 0.1) is 0 Å². The molecule has 0 aliphatic heterocycles. The molecule has 0 aliphatic rings. The number of anilines is 1. The fraction of sp³-hybridized carbons (Fsp3) is 0.188. The van der Waals surface area contributed by atoms with Crippen LogP contribution in [0.5, 0.6) is 11.5 Å². The van der Waals surface area contributed by atoms with Gasteiger partial charge in [0, 0.05) is 13.1 Å². The quantitative estimate of drug-likeness (QED) is 0.190. The van der Waals surface area contributed by atoms with Crippen LogP contribution in [0.1, 0.15) is 19.4 Å². The normalized spacial score (nSPS) is 11.8. The highest BCUT2D eigenvalue weighted by Crippen LogP contribution is 2.29. The maximum Gasteiger partial charge on any atom is 0.264 e. The molecule has 0 fully saturated rings. The van der Waals surface area contributed by atoms with Gasteiger partial charge in [0.05, 0.1) is 20.6 Å². The van der Waals surface area contributed by atoms with E-state index >= 15 is 0 Å². The van der Waals surface area contributed by atoms with Crippen molar-refractivity contribution in [1.82, 2.24) is 10.2 Å². The molecule has 0 radical (unpaired) electrons. The number of amides is 2. The van der Waals surface area contributed by atoms with Crippen LogP contribution in [-0.2, 0) is 26.2 Å². The van der Waals surface area contributed by atoms with Gasteiger partial charge in [0.2, 0.25) is 11.8 Å². The molecule has 4 aromatic rings. The zero-order chi connectivity index (χ0) is 31.0. The molecule has 0 aliphatic carbocycles. The number of hydrogen-bond donors (Lipinski definition) is 1. The fourth-order valence-corrected chi connectivity index (χ4v) is 6.05. The van der Waals surface area contributed by atoms with E-state index in [1.807, 2.05) is 18.2 Å². The second-order valence-corrected chi connectivity index (χ2v) is 12.3. The van der Waals surface area contributed by atoms with Gasteiger partial charge in [-0.3, -0.25) is 13.9 Å². The number of para-hydroxylation sites is 1. The first kappa shape index (κ1) is 31.9. The molecule has 0 saturated carbocycles. The fourth-order valence-electron chi connectivity index (χ4n) is 4.29. The number of likely N-dealkylation sites (N-methyl/N-ethyl adjacent to an activating group) is 1.